The molecule has 0 aliphatic carbocycles. The van der Waals surface area contributed by atoms with Gasteiger partial charge in [0.25, 0.3) is 0 Å². The zero-order valence-corrected chi connectivity index (χ0v) is 17.0. The van der Waals surface area contributed by atoms with Crippen molar-refractivity contribution < 1.29 is 14.6 Å². The normalized spacial score (nSPS) is 18.2. The highest BCUT2D eigenvalue weighted by molar-refractivity contribution is 5.40. The summed E-state index contributed by atoms with van der Waals surface area (Å²) in [7, 11) is 3.40. The molecule has 1 fully saturated rings. The van der Waals surface area contributed by atoms with Crippen molar-refractivity contribution in [2.45, 2.75) is 25.4 Å². The van der Waals surface area contributed by atoms with Crippen molar-refractivity contribution in [3.63, 3.8) is 0 Å². The monoisotopic (exact) mass is 384 g/mol. The standard InChI is InChI=1S/C23H32N2O3/c1-27-22-8-9-23(28-2)20(16-22)17-24-13-14-25(21(18-24)11-15-26)12-10-19-6-4-3-5-7-19/h3-9,16,21,26H,10-15,17-18H2,1-2H3/t21-/m1/s1. The fraction of sp³-hybridized carbons (Fsp3) is 0.478. The van der Waals surface area contributed by atoms with Gasteiger partial charge in [-0.1, -0.05) is 30.3 Å². The number of ether oxygens (including phenoxy) is 2. The van der Waals surface area contributed by atoms with Gasteiger partial charge in [-0.15, -0.1) is 0 Å². The molecular weight excluding hydrogens is 352 g/mol. The van der Waals surface area contributed by atoms with E-state index in [1.165, 1.54) is 5.56 Å². The van der Waals surface area contributed by atoms with Crippen molar-refractivity contribution in [2.75, 3.05) is 47.0 Å². The molecule has 1 heterocycles. The number of hydrogen-bond acceptors (Lipinski definition) is 5. The van der Waals surface area contributed by atoms with Gasteiger partial charge in [0, 0.05) is 50.9 Å². The van der Waals surface area contributed by atoms with Crippen LogP contribution in [0.15, 0.2) is 48.5 Å². The van der Waals surface area contributed by atoms with E-state index in [0.29, 0.717) is 6.04 Å². The zero-order chi connectivity index (χ0) is 19.8. The number of rotatable bonds is 9. The van der Waals surface area contributed by atoms with Crippen LogP contribution in [0.4, 0.5) is 0 Å². The number of aliphatic hydroxyl groups is 1. The van der Waals surface area contributed by atoms with Crippen LogP contribution >= 0.6 is 0 Å². The Morgan fingerprint density at radius 1 is 1.04 bits per heavy atom. The average Bonchev–Trinajstić information content (AvgIpc) is 2.74. The summed E-state index contributed by atoms with van der Waals surface area (Å²) in [6, 6.07) is 17.0. The van der Waals surface area contributed by atoms with Gasteiger partial charge in [-0.05, 0) is 36.6 Å². The first-order valence-corrected chi connectivity index (χ1v) is 10.1. The molecule has 0 saturated carbocycles. The summed E-state index contributed by atoms with van der Waals surface area (Å²) in [6.07, 6.45) is 1.85. The first-order chi connectivity index (χ1) is 13.7. The topological polar surface area (TPSA) is 45.2 Å². The molecule has 28 heavy (non-hydrogen) atoms. The summed E-state index contributed by atoms with van der Waals surface area (Å²) < 4.78 is 10.9. The van der Waals surface area contributed by atoms with Gasteiger partial charge in [-0.3, -0.25) is 9.80 Å². The van der Waals surface area contributed by atoms with E-state index in [-0.39, 0.29) is 6.61 Å². The van der Waals surface area contributed by atoms with Gasteiger partial charge in [0.2, 0.25) is 0 Å². The third-order valence-electron chi connectivity index (χ3n) is 5.56. The molecule has 0 spiro atoms. The smallest absolute Gasteiger partial charge is 0.123 e. The lowest BCUT2D eigenvalue weighted by Crippen LogP contribution is -2.53. The Labute approximate surface area is 168 Å². The second-order valence-electron chi connectivity index (χ2n) is 7.35. The number of nitrogens with zero attached hydrogens (tertiary/aromatic N) is 2. The van der Waals surface area contributed by atoms with Crippen LogP contribution in [0.2, 0.25) is 0 Å². The number of methoxy groups -OCH3 is 2. The Balaban J connectivity index is 1.62. The van der Waals surface area contributed by atoms with Gasteiger partial charge in [0.05, 0.1) is 14.2 Å². The molecule has 0 aromatic heterocycles. The lowest BCUT2D eigenvalue weighted by molar-refractivity contribution is 0.0558. The maximum Gasteiger partial charge on any atom is 0.123 e. The fourth-order valence-corrected chi connectivity index (χ4v) is 3.98. The van der Waals surface area contributed by atoms with Crippen molar-refractivity contribution in [3.05, 3.63) is 59.7 Å². The van der Waals surface area contributed by atoms with E-state index in [1.54, 1.807) is 14.2 Å². The second kappa shape index (κ2) is 10.5. The quantitative estimate of drug-likeness (QED) is 0.720. The van der Waals surface area contributed by atoms with Crippen LogP contribution in [-0.2, 0) is 13.0 Å². The zero-order valence-electron chi connectivity index (χ0n) is 17.0. The largest absolute Gasteiger partial charge is 0.497 e. The first kappa shape index (κ1) is 20.6. The highest BCUT2D eigenvalue weighted by Crippen LogP contribution is 2.26. The summed E-state index contributed by atoms with van der Waals surface area (Å²) in [4.78, 5) is 4.99. The van der Waals surface area contributed by atoms with Crippen LogP contribution in [0.1, 0.15) is 17.5 Å². The van der Waals surface area contributed by atoms with E-state index in [2.05, 4.69) is 46.2 Å². The second-order valence-corrected chi connectivity index (χ2v) is 7.35. The molecule has 2 aromatic carbocycles. The molecule has 1 N–H and O–H groups in total. The number of piperazine rings is 1. The van der Waals surface area contributed by atoms with Crippen LogP contribution in [0.5, 0.6) is 11.5 Å². The van der Waals surface area contributed by atoms with Crippen molar-refractivity contribution >= 4 is 0 Å². The van der Waals surface area contributed by atoms with Gasteiger partial charge >= 0.3 is 0 Å². The fourth-order valence-electron chi connectivity index (χ4n) is 3.98. The molecule has 152 valence electrons. The van der Waals surface area contributed by atoms with Gasteiger partial charge in [0.1, 0.15) is 11.5 Å². The van der Waals surface area contributed by atoms with E-state index in [0.717, 1.165) is 62.6 Å². The van der Waals surface area contributed by atoms with E-state index < -0.39 is 0 Å². The maximum absolute atomic E-state index is 9.57. The Hall–Kier alpha value is -2.08. The molecule has 5 nitrogen and oxygen atoms in total. The molecule has 0 radical (unpaired) electrons. The summed E-state index contributed by atoms with van der Waals surface area (Å²) in [5.74, 6) is 1.75. The Morgan fingerprint density at radius 2 is 1.86 bits per heavy atom. The molecule has 3 rings (SSSR count). The lowest BCUT2D eigenvalue weighted by Gasteiger charge is -2.41. The summed E-state index contributed by atoms with van der Waals surface area (Å²) in [5.41, 5.74) is 2.51. The lowest BCUT2D eigenvalue weighted by atomic mass is 10.1. The van der Waals surface area contributed by atoms with Gasteiger partial charge in [-0.2, -0.15) is 0 Å². The predicted octanol–water partition coefficient (Wildman–Crippen LogP) is 2.82. The van der Waals surface area contributed by atoms with Crippen molar-refractivity contribution in [2.24, 2.45) is 0 Å². The van der Waals surface area contributed by atoms with E-state index in [9.17, 15) is 5.11 Å². The molecule has 0 amide bonds. The molecule has 1 saturated heterocycles. The highest BCUT2D eigenvalue weighted by Gasteiger charge is 2.27. The van der Waals surface area contributed by atoms with Crippen LogP contribution < -0.4 is 9.47 Å². The predicted molar refractivity (Wildman–Crippen MR) is 112 cm³/mol. The Kier molecular flexibility index (Phi) is 7.71. The molecule has 0 bridgehead atoms. The molecule has 5 heteroatoms. The SMILES string of the molecule is COc1ccc(OC)c(CN2CCN(CCc3ccccc3)[C@H](CCO)C2)c1. The first-order valence-electron chi connectivity index (χ1n) is 10.1. The third kappa shape index (κ3) is 5.47. The summed E-state index contributed by atoms with van der Waals surface area (Å²) in [5, 5.41) is 9.57. The van der Waals surface area contributed by atoms with E-state index in [1.807, 2.05) is 12.1 Å². The Morgan fingerprint density at radius 3 is 2.57 bits per heavy atom. The van der Waals surface area contributed by atoms with Crippen molar-refractivity contribution in [1.29, 1.82) is 0 Å². The van der Waals surface area contributed by atoms with Gasteiger partial charge < -0.3 is 14.6 Å². The van der Waals surface area contributed by atoms with Crippen LogP contribution in [-0.4, -0.2) is 68.0 Å². The van der Waals surface area contributed by atoms with Crippen LogP contribution in [0, 0.1) is 0 Å². The molecule has 1 atom stereocenters. The number of benzene rings is 2. The Bertz CT molecular complexity index is 723. The van der Waals surface area contributed by atoms with Gasteiger partial charge in [0.15, 0.2) is 0 Å². The molecule has 2 aromatic rings. The van der Waals surface area contributed by atoms with Crippen LogP contribution in [0.25, 0.3) is 0 Å². The maximum atomic E-state index is 9.57. The van der Waals surface area contributed by atoms with E-state index in [4.69, 9.17) is 9.47 Å². The number of hydrogen-bond donors (Lipinski definition) is 1. The molecule has 1 aliphatic rings. The molecular formula is C23H32N2O3. The third-order valence-corrected chi connectivity index (χ3v) is 5.56. The van der Waals surface area contributed by atoms with Gasteiger partial charge in [-0.25, -0.2) is 0 Å². The minimum atomic E-state index is 0.225. The van der Waals surface area contributed by atoms with Crippen molar-refractivity contribution in [1.82, 2.24) is 9.80 Å². The summed E-state index contributed by atoms with van der Waals surface area (Å²) in [6.45, 7) is 5.07. The molecule has 1 aliphatic heterocycles. The minimum Gasteiger partial charge on any atom is -0.497 e. The van der Waals surface area contributed by atoms with Crippen LogP contribution in [0.3, 0.4) is 0 Å². The highest BCUT2D eigenvalue weighted by atomic mass is 16.5. The summed E-state index contributed by atoms with van der Waals surface area (Å²) >= 11 is 0. The number of aliphatic hydroxyl groups excluding tert-OH is 1. The minimum absolute atomic E-state index is 0.225. The van der Waals surface area contributed by atoms with E-state index >= 15 is 0 Å². The average molecular weight is 385 g/mol. The molecule has 0 unspecified atom stereocenters. The van der Waals surface area contributed by atoms with Crippen molar-refractivity contribution in [3.8, 4) is 11.5 Å².